The first kappa shape index (κ1) is 13.3. The fraction of sp³-hybridized carbons (Fsp3) is 0.643. The lowest BCUT2D eigenvalue weighted by atomic mass is 10.1. The number of pyridine rings is 1. The van der Waals surface area contributed by atoms with Crippen LogP contribution in [0.15, 0.2) is 18.3 Å². The van der Waals surface area contributed by atoms with Crippen molar-refractivity contribution in [1.29, 1.82) is 0 Å². The number of nitrogens with one attached hydrogen (secondary N) is 1. The van der Waals surface area contributed by atoms with Crippen LogP contribution in [0.2, 0.25) is 0 Å². The molecule has 1 fully saturated rings. The molecule has 0 amide bonds. The Hall–Kier alpha value is -1.13. The van der Waals surface area contributed by atoms with Crippen molar-refractivity contribution in [3.63, 3.8) is 0 Å². The minimum absolute atomic E-state index is 0.211. The third kappa shape index (κ3) is 3.43. The lowest BCUT2D eigenvalue weighted by molar-refractivity contribution is 0.154. The second kappa shape index (κ2) is 6.71. The maximum atomic E-state index is 9.76. The van der Waals surface area contributed by atoms with Gasteiger partial charge in [-0.05, 0) is 31.9 Å². The number of aromatic nitrogens is 1. The van der Waals surface area contributed by atoms with Crippen molar-refractivity contribution in [2.75, 3.05) is 24.5 Å². The second-order valence-corrected chi connectivity index (χ2v) is 4.90. The van der Waals surface area contributed by atoms with Gasteiger partial charge in [0, 0.05) is 31.4 Å². The van der Waals surface area contributed by atoms with Gasteiger partial charge in [0.15, 0.2) is 0 Å². The van der Waals surface area contributed by atoms with Crippen LogP contribution in [-0.2, 0) is 6.54 Å². The zero-order valence-corrected chi connectivity index (χ0v) is 11.1. The molecule has 1 unspecified atom stereocenters. The molecular weight excluding hydrogens is 226 g/mol. The van der Waals surface area contributed by atoms with Gasteiger partial charge in [-0.2, -0.15) is 0 Å². The summed E-state index contributed by atoms with van der Waals surface area (Å²) in [6.07, 6.45) is 4.71. The Morgan fingerprint density at radius 3 is 3.22 bits per heavy atom. The van der Waals surface area contributed by atoms with Crippen molar-refractivity contribution in [1.82, 2.24) is 10.3 Å². The van der Waals surface area contributed by atoms with Gasteiger partial charge >= 0.3 is 0 Å². The predicted octanol–water partition coefficient (Wildman–Crippen LogP) is 1.54. The molecule has 1 aromatic heterocycles. The fourth-order valence-corrected chi connectivity index (χ4v) is 2.40. The van der Waals surface area contributed by atoms with Gasteiger partial charge < -0.3 is 15.3 Å². The third-order valence-corrected chi connectivity index (χ3v) is 3.31. The van der Waals surface area contributed by atoms with Crippen LogP contribution in [0, 0.1) is 0 Å². The molecule has 2 N–H and O–H groups in total. The van der Waals surface area contributed by atoms with E-state index in [-0.39, 0.29) is 6.10 Å². The van der Waals surface area contributed by atoms with Crippen LogP contribution < -0.4 is 10.2 Å². The Morgan fingerprint density at radius 1 is 1.56 bits per heavy atom. The Morgan fingerprint density at radius 2 is 2.44 bits per heavy atom. The highest BCUT2D eigenvalue weighted by Gasteiger charge is 2.20. The van der Waals surface area contributed by atoms with Gasteiger partial charge in [-0.3, -0.25) is 0 Å². The van der Waals surface area contributed by atoms with Crippen LogP contribution in [0.1, 0.15) is 31.7 Å². The highest BCUT2D eigenvalue weighted by atomic mass is 16.3. The summed E-state index contributed by atoms with van der Waals surface area (Å²) in [7, 11) is 0. The van der Waals surface area contributed by atoms with Crippen LogP contribution in [0.4, 0.5) is 5.82 Å². The molecule has 4 nitrogen and oxygen atoms in total. The average Bonchev–Trinajstić information content (AvgIpc) is 2.40. The molecule has 1 aliphatic heterocycles. The number of hydrogen-bond acceptors (Lipinski definition) is 4. The van der Waals surface area contributed by atoms with Gasteiger partial charge in [0.2, 0.25) is 0 Å². The van der Waals surface area contributed by atoms with Crippen LogP contribution in [0.5, 0.6) is 0 Å². The van der Waals surface area contributed by atoms with E-state index in [0.29, 0.717) is 6.54 Å². The minimum atomic E-state index is -0.211. The van der Waals surface area contributed by atoms with E-state index in [1.165, 1.54) is 5.56 Å². The largest absolute Gasteiger partial charge is 0.391 e. The lowest BCUT2D eigenvalue weighted by Crippen LogP contribution is -2.39. The summed E-state index contributed by atoms with van der Waals surface area (Å²) in [5.74, 6) is 1.03. The van der Waals surface area contributed by atoms with E-state index < -0.39 is 0 Å². The summed E-state index contributed by atoms with van der Waals surface area (Å²) < 4.78 is 0. The third-order valence-electron chi connectivity index (χ3n) is 3.31. The van der Waals surface area contributed by atoms with E-state index >= 15 is 0 Å². The van der Waals surface area contributed by atoms with Crippen molar-refractivity contribution in [3.8, 4) is 0 Å². The van der Waals surface area contributed by atoms with Crippen molar-refractivity contribution in [2.45, 2.75) is 38.8 Å². The number of nitrogens with zero attached hydrogens (tertiary/aromatic N) is 2. The Kier molecular flexibility index (Phi) is 4.96. The van der Waals surface area contributed by atoms with Crippen LogP contribution in [-0.4, -0.2) is 35.8 Å². The SMILES string of the molecule is CCCNCc1cccnc1N1CCCC(O)C1. The smallest absolute Gasteiger partial charge is 0.133 e. The molecule has 0 aromatic carbocycles. The average molecular weight is 249 g/mol. The maximum absolute atomic E-state index is 9.76. The Labute approximate surface area is 109 Å². The van der Waals surface area contributed by atoms with Gasteiger partial charge in [-0.25, -0.2) is 4.98 Å². The first-order valence-corrected chi connectivity index (χ1v) is 6.89. The molecule has 1 atom stereocenters. The summed E-state index contributed by atoms with van der Waals surface area (Å²) in [5, 5.41) is 13.2. The van der Waals surface area contributed by atoms with E-state index in [2.05, 4.69) is 28.2 Å². The number of β-amino-alcohol motifs (C(OH)–C–C–N with tert-alkyl or cyclic N) is 1. The highest BCUT2D eigenvalue weighted by Crippen LogP contribution is 2.21. The molecule has 100 valence electrons. The molecule has 2 heterocycles. The maximum Gasteiger partial charge on any atom is 0.133 e. The molecule has 0 saturated carbocycles. The number of hydrogen-bond donors (Lipinski definition) is 2. The lowest BCUT2D eigenvalue weighted by Gasteiger charge is -2.32. The zero-order chi connectivity index (χ0) is 12.8. The number of aliphatic hydroxyl groups is 1. The monoisotopic (exact) mass is 249 g/mol. The molecule has 1 aromatic rings. The van der Waals surface area contributed by atoms with E-state index in [4.69, 9.17) is 0 Å². The molecule has 0 bridgehead atoms. The summed E-state index contributed by atoms with van der Waals surface area (Å²) in [6.45, 7) is 5.74. The Balaban J connectivity index is 2.06. The van der Waals surface area contributed by atoms with E-state index in [1.54, 1.807) is 0 Å². The van der Waals surface area contributed by atoms with Crippen LogP contribution in [0.25, 0.3) is 0 Å². The van der Waals surface area contributed by atoms with Crippen molar-refractivity contribution < 1.29 is 5.11 Å². The van der Waals surface area contributed by atoms with Crippen LogP contribution >= 0.6 is 0 Å². The second-order valence-electron chi connectivity index (χ2n) is 4.90. The molecular formula is C14H23N3O. The highest BCUT2D eigenvalue weighted by molar-refractivity contribution is 5.47. The summed E-state index contributed by atoms with van der Waals surface area (Å²) >= 11 is 0. The standard InChI is InChI=1S/C14H23N3O/c1-2-7-15-10-12-5-3-8-16-14(12)17-9-4-6-13(18)11-17/h3,5,8,13,15,18H,2,4,6-7,9-11H2,1H3. The summed E-state index contributed by atoms with van der Waals surface area (Å²) in [5.41, 5.74) is 1.22. The fourth-order valence-electron chi connectivity index (χ4n) is 2.40. The molecule has 0 aliphatic carbocycles. The van der Waals surface area contributed by atoms with Gasteiger partial charge in [0.05, 0.1) is 6.10 Å². The first-order chi connectivity index (χ1) is 8.81. The van der Waals surface area contributed by atoms with Crippen molar-refractivity contribution in [3.05, 3.63) is 23.9 Å². The molecule has 4 heteroatoms. The quantitative estimate of drug-likeness (QED) is 0.777. The summed E-state index contributed by atoms with van der Waals surface area (Å²) in [4.78, 5) is 6.70. The zero-order valence-electron chi connectivity index (χ0n) is 11.1. The number of piperidine rings is 1. The molecule has 0 radical (unpaired) electrons. The van der Waals surface area contributed by atoms with Gasteiger partial charge in [-0.15, -0.1) is 0 Å². The topological polar surface area (TPSA) is 48.4 Å². The van der Waals surface area contributed by atoms with E-state index in [0.717, 1.165) is 44.7 Å². The minimum Gasteiger partial charge on any atom is -0.391 e. The molecule has 18 heavy (non-hydrogen) atoms. The molecule has 2 rings (SSSR count). The summed E-state index contributed by atoms with van der Waals surface area (Å²) in [6, 6.07) is 4.10. The molecule has 1 aliphatic rings. The predicted molar refractivity (Wildman–Crippen MR) is 73.7 cm³/mol. The first-order valence-electron chi connectivity index (χ1n) is 6.89. The van der Waals surface area contributed by atoms with Crippen molar-refractivity contribution in [2.24, 2.45) is 0 Å². The number of aliphatic hydroxyl groups excluding tert-OH is 1. The van der Waals surface area contributed by atoms with E-state index in [9.17, 15) is 5.11 Å². The molecule has 0 spiro atoms. The van der Waals surface area contributed by atoms with Gasteiger partial charge in [0.1, 0.15) is 5.82 Å². The van der Waals surface area contributed by atoms with Gasteiger partial charge in [-0.1, -0.05) is 13.0 Å². The number of rotatable bonds is 5. The normalized spacial score (nSPS) is 20.1. The Bertz CT molecular complexity index is 370. The number of anilines is 1. The van der Waals surface area contributed by atoms with Gasteiger partial charge in [0.25, 0.3) is 0 Å². The molecule has 1 saturated heterocycles. The van der Waals surface area contributed by atoms with E-state index in [1.807, 2.05) is 12.3 Å². The van der Waals surface area contributed by atoms with Crippen LogP contribution in [0.3, 0.4) is 0 Å². The van der Waals surface area contributed by atoms with Crippen molar-refractivity contribution >= 4 is 5.82 Å².